The Morgan fingerprint density at radius 3 is 2.20 bits per heavy atom. The van der Waals surface area contributed by atoms with E-state index in [0.717, 1.165) is 0 Å². The van der Waals surface area contributed by atoms with Crippen LogP contribution in [-0.4, -0.2) is 36.5 Å². The predicted octanol–water partition coefficient (Wildman–Crippen LogP) is 1.09. The van der Waals surface area contributed by atoms with E-state index in [1.165, 1.54) is 28.6 Å². The summed E-state index contributed by atoms with van der Waals surface area (Å²) in [7, 11) is -3.48. The Morgan fingerprint density at radius 2 is 1.70 bits per heavy atom. The number of hydrogen-bond donors (Lipinski definition) is 0. The minimum absolute atomic E-state index is 0.0743. The number of sulfonamides is 1. The molecule has 20 heavy (non-hydrogen) atoms. The van der Waals surface area contributed by atoms with E-state index in [1.807, 2.05) is 0 Å². The van der Waals surface area contributed by atoms with Gasteiger partial charge in [-0.05, 0) is 5.56 Å². The number of carbonyl (C=O) groups is 1. The summed E-state index contributed by atoms with van der Waals surface area (Å²) in [5.74, 6) is -0.133. The van der Waals surface area contributed by atoms with Crippen LogP contribution in [0, 0.1) is 10.1 Å². The first-order chi connectivity index (χ1) is 9.38. The van der Waals surface area contributed by atoms with Gasteiger partial charge >= 0.3 is 0 Å². The van der Waals surface area contributed by atoms with Crippen LogP contribution in [0.25, 0.3) is 0 Å². The molecular weight excluding hydrogens is 284 g/mol. The van der Waals surface area contributed by atoms with E-state index < -0.39 is 14.9 Å². The van der Waals surface area contributed by atoms with Crippen molar-refractivity contribution in [2.24, 2.45) is 0 Å². The van der Waals surface area contributed by atoms with Crippen LogP contribution in [0.2, 0.25) is 0 Å². The molecule has 0 aliphatic carbocycles. The molecule has 0 bridgehead atoms. The molecular formula is C12H14N2O5S. The van der Waals surface area contributed by atoms with Crippen LogP contribution in [-0.2, 0) is 20.6 Å². The molecule has 0 N–H and O–H groups in total. The number of piperidine rings is 1. The second-order valence-corrected chi connectivity index (χ2v) is 6.59. The summed E-state index contributed by atoms with van der Waals surface area (Å²) in [6.07, 6.45) is 0.499. The molecule has 0 amide bonds. The number of nitro groups is 1. The highest BCUT2D eigenvalue weighted by Crippen LogP contribution is 2.18. The van der Waals surface area contributed by atoms with Gasteiger partial charge in [0.05, 0.1) is 10.7 Å². The second-order valence-electron chi connectivity index (χ2n) is 4.62. The lowest BCUT2D eigenvalue weighted by molar-refractivity contribution is -0.384. The molecule has 0 unspecified atom stereocenters. The Bertz CT molecular complexity index is 614. The summed E-state index contributed by atoms with van der Waals surface area (Å²) in [6, 6.07) is 5.44. The molecule has 0 spiro atoms. The fourth-order valence-electron chi connectivity index (χ4n) is 2.03. The van der Waals surface area contributed by atoms with E-state index >= 15 is 0 Å². The van der Waals surface area contributed by atoms with Gasteiger partial charge in [-0.15, -0.1) is 0 Å². The average Bonchev–Trinajstić information content (AvgIpc) is 2.39. The quantitative estimate of drug-likeness (QED) is 0.612. The van der Waals surface area contributed by atoms with Crippen LogP contribution in [0.5, 0.6) is 0 Å². The van der Waals surface area contributed by atoms with Crippen LogP contribution in [0.3, 0.4) is 0 Å². The summed E-state index contributed by atoms with van der Waals surface area (Å²) < 4.78 is 25.6. The summed E-state index contributed by atoms with van der Waals surface area (Å²) in [5.41, 5.74) is 0.419. The monoisotopic (exact) mass is 298 g/mol. The van der Waals surface area contributed by atoms with E-state index in [2.05, 4.69) is 0 Å². The molecule has 1 fully saturated rings. The molecule has 2 rings (SSSR count). The number of rotatable bonds is 4. The first-order valence-corrected chi connectivity index (χ1v) is 7.72. The van der Waals surface area contributed by atoms with Crippen molar-refractivity contribution in [3.63, 3.8) is 0 Å². The highest BCUT2D eigenvalue weighted by atomic mass is 32.2. The molecule has 0 radical (unpaired) electrons. The van der Waals surface area contributed by atoms with E-state index in [4.69, 9.17) is 0 Å². The zero-order valence-corrected chi connectivity index (χ0v) is 11.5. The van der Waals surface area contributed by atoms with Crippen molar-refractivity contribution >= 4 is 21.5 Å². The van der Waals surface area contributed by atoms with E-state index in [0.29, 0.717) is 5.56 Å². The minimum atomic E-state index is -3.48. The largest absolute Gasteiger partial charge is 0.300 e. The number of non-ortho nitro benzene ring substituents is 1. The number of Topliss-reactive ketones (excluding diaryl/α,β-unsaturated/α-hetero) is 1. The highest BCUT2D eigenvalue weighted by molar-refractivity contribution is 7.88. The molecule has 0 saturated carbocycles. The van der Waals surface area contributed by atoms with Gasteiger partial charge in [-0.2, -0.15) is 0 Å². The van der Waals surface area contributed by atoms with Gasteiger partial charge in [0.2, 0.25) is 10.0 Å². The lowest BCUT2D eigenvalue weighted by Gasteiger charge is -2.25. The Kier molecular flexibility index (Phi) is 4.15. The van der Waals surface area contributed by atoms with Crippen molar-refractivity contribution in [1.82, 2.24) is 4.31 Å². The zero-order chi connectivity index (χ0) is 14.8. The molecule has 1 heterocycles. The minimum Gasteiger partial charge on any atom is -0.300 e. The number of carbonyl (C=O) groups excluding carboxylic acids is 1. The molecule has 0 aromatic heterocycles. The van der Waals surface area contributed by atoms with Gasteiger partial charge in [0.1, 0.15) is 5.78 Å². The third kappa shape index (κ3) is 3.40. The standard InChI is InChI=1S/C12H14N2O5S/c15-12-5-7-13(8-6-12)20(18,19)9-10-1-3-11(4-2-10)14(16)17/h1-4H,5-9H2. The maximum absolute atomic E-state index is 12.2. The van der Waals surface area contributed by atoms with Crippen LogP contribution >= 0.6 is 0 Å². The first-order valence-electron chi connectivity index (χ1n) is 6.11. The van der Waals surface area contributed by atoms with Crippen molar-refractivity contribution in [2.45, 2.75) is 18.6 Å². The summed E-state index contributed by atoms with van der Waals surface area (Å²) in [4.78, 5) is 21.1. The van der Waals surface area contributed by atoms with Gasteiger partial charge in [-0.25, -0.2) is 12.7 Å². The topological polar surface area (TPSA) is 97.6 Å². The third-order valence-electron chi connectivity index (χ3n) is 3.17. The van der Waals surface area contributed by atoms with Crippen molar-refractivity contribution < 1.29 is 18.1 Å². The fraction of sp³-hybridized carbons (Fsp3) is 0.417. The molecule has 0 atom stereocenters. The zero-order valence-electron chi connectivity index (χ0n) is 10.7. The fourth-order valence-corrected chi connectivity index (χ4v) is 3.56. The normalized spacial score (nSPS) is 17.1. The van der Waals surface area contributed by atoms with Gasteiger partial charge in [0.25, 0.3) is 5.69 Å². The molecule has 8 heteroatoms. The molecule has 108 valence electrons. The number of benzene rings is 1. The predicted molar refractivity (Wildman–Crippen MR) is 71.5 cm³/mol. The van der Waals surface area contributed by atoms with E-state index in [-0.39, 0.29) is 43.2 Å². The molecule has 7 nitrogen and oxygen atoms in total. The lowest BCUT2D eigenvalue weighted by Crippen LogP contribution is -2.39. The van der Waals surface area contributed by atoms with Gasteiger partial charge < -0.3 is 0 Å². The van der Waals surface area contributed by atoms with Crippen LogP contribution in [0.4, 0.5) is 5.69 Å². The molecule has 1 aliphatic heterocycles. The Morgan fingerprint density at radius 1 is 1.15 bits per heavy atom. The second kappa shape index (κ2) is 5.68. The van der Waals surface area contributed by atoms with Crippen LogP contribution in [0.15, 0.2) is 24.3 Å². The van der Waals surface area contributed by atoms with Crippen LogP contribution < -0.4 is 0 Å². The summed E-state index contributed by atoms with van der Waals surface area (Å²) >= 11 is 0. The maximum Gasteiger partial charge on any atom is 0.269 e. The van der Waals surface area contributed by atoms with Gasteiger partial charge in [-0.3, -0.25) is 14.9 Å². The Balaban J connectivity index is 2.08. The lowest BCUT2D eigenvalue weighted by atomic mass is 10.1. The summed E-state index contributed by atoms with van der Waals surface area (Å²) in [6.45, 7) is 0.433. The summed E-state index contributed by atoms with van der Waals surface area (Å²) in [5, 5.41) is 10.5. The van der Waals surface area contributed by atoms with E-state index in [9.17, 15) is 23.3 Å². The molecule has 1 aromatic rings. The van der Waals surface area contributed by atoms with Crippen LogP contribution in [0.1, 0.15) is 18.4 Å². The van der Waals surface area contributed by atoms with Gasteiger partial charge in [-0.1, -0.05) is 12.1 Å². The highest BCUT2D eigenvalue weighted by Gasteiger charge is 2.27. The van der Waals surface area contributed by atoms with Crippen molar-refractivity contribution in [3.8, 4) is 0 Å². The van der Waals surface area contributed by atoms with Gasteiger partial charge in [0, 0.05) is 38.1 Å². The number of nitrogens with zero attached hydrogens (tertiary/aromatic N) is 2. The SMILES string of the molecule is O=C1CCN(S(=O)(=O)Cc2ccc([N+](=O)[O-])cc2)CC1. The average molecular weight is 298 g/mol. The van der Waals surface area contributed by atoms with Gasteiger partial charge in [0.15, 0.2) is 0 Å². The number of nitro benzene ring substituents is 1. The number of hydrogen-bond acceptors (Lipinski definition) is 5. The Labute approximate surface area is 116 Å². The van der Waals surface area contributed by atoms with E-state index in [1.54, 1.807) is 0 Å². The van der Waals surface area contributed by atoms with Crippen molar-refractivity contribution in [3.05, 3.63) is 39.9 Å². The molecule has 1 aromatic carbocycles. The smallest absolute Gasteiger partial charge is 0.269 e. The first kappa shape index (κ1) is 14.6. The maximum atomic E-state index is 12.2. The Hall–Kier alpha value is -1.80. The third-order valence-corrected chi connectivity index (χ3v) is 5.02. The molecule has 1 aliphatic rings. The molecule has 1 saturated heterocycles. The van der Waals surface area contributed by atoms with Crippen molar-refractivity contribution in [1.29, 1.82) is 0 Å². The van der Waals surface area contributed by atoms with Crippen molar-refractivity contribution in [2.75, 3.05) is 13.1 Å². The number of ketones is 1.